The molecular formula is C17H26Cl2N2. The standard InChI is InChI=1S/C17H26Cl2N2/c1-13(15-8-7-14(18)11-16(15)19)20-12-17(21(2)3)9-5-4-6-10-17/h7-8,11,13,20H,4-6,9-10,12H2,1-3H3. The molecule has 1 N–H and O–H groups in total. The molecule has 0 saturated heterocycles. The molecule has 0 aromatic heterocycles. The van der Waals surface area contributed by atoms with Crippen molar-refractivity contribution < 1.29 is 0 Å². The Balaban J connectivity index is 2.03. The lowest BCUT2D eigenvalue weighted by atomic mass is 9.80. The maximum atomic E-state index is 6.31. The molecule has 1 aliphatic carbocycles. The molecule has 0 bridgehead atoms. The van der Waals surface area contributed by atoms with Gasteiger partial charge in [-0.25, -0.2) is 0 Å². The Morgan fingerprint density at radius 1 is 1.19 bits per heavy atom. The van der Waals surface area contributed by atoms with Gasteiger partial charge in [0.15, 0.2) is 0 Å². The third-order valence-electron chi connectivity index (χ3n) is 4.90. The van der Waals surface area contributed by atoms with Crippen LogP contribution in [-0.4, -0.2) is 31.1 Å². The smallest absolute Gasteiger partial charge is 0.0468 e. The zero-order chi connectivity index (χ0) is 15.5. The van der Waals surface area contributed by atoms with Gasteiger partial charge in [-0.05, 0) is 51.6 Å². The topological polar surface area (TPSA) is 15.3 Å². The molecule has 1 atom stereocenters. The quantitative estimate of drug-likeness (QED) is 0.826. The summed E-state index contributed by atoms with van der Waals surface area (Å²) in [4.78, 5) is 2.40. The fourth-order valence-corrected chi connectivity index (χ4v) is 3.87. The number of hydrogen-bond acceptors (Lipinski definition) is 2. The van der Waals surface area contributed by atoms with Crippen LogP contribution in [0.25, 0.3) is 0 Å². The number of rotatable bonds is 5. The first kappa shape index (κ1) is 17.1. The van der Waals surface area contributed by atoms with Crippen LogP contribution in [0.5, 0.6) is 0 Å². The summed E-state index contributed by atoms with van der Waals surface area (Å²) in [5.74, 6) is 0. The normalized spacial score (nSPS) is 19.7. The fourth-order valence-electron chi connectivity index (χ4n) is 3.30. The van der Waals surface area contributed by atoms with Crippen LogP contribution in [0.3, 0.4) is 0 Å². The SMILES string of the molecule is CC(NCC1(N(C)C)CCCCC1)c1ccc(Cl)cc1Cl. The highest BCUT2D eigenvalue weighted by Gasteiger charge is 2.34. The molecule has 0 aliphatic heterocycles. The predicted octanol–water partition coefficient (Wildman–Crippen LogP) is 4.91. The van der Waals surface area contributed by atoms with E-state index in [1.54, 1.807) is 0 Å². The Morgan fingerprint density at radius 2 is 1.86 bits per heavy atom. The Kier molecular flexibility index (Phi) is 5.96. The zero-order valence-electron chi connectivity index (χ0n) is 13.3. The second kappa shape index (κ2) is 7.32. The predicted molar refractivity (Wildman–Crippen MR) is 92.4 cm³/mol. The first-order valence-corrected chi connectivity index (χ1v) is 8.56. The minimum Gasteiger partial charge on any atom is -0.308 e. The Bertz CT molecular complexity index is 468. The van der Waals surface area contributed by atoms with Crippen LogP contribution in [0.15, 0.2) is 18.2 Å². The van der Waals surface area contributed by atoms with E-state index in [-0.39, 0.29) is 11.6 Å². The van der Waals surface area contributed by atoms with E-state index in [1.165, 1.54) is 32.1 Å². The highest BCUT2D eigenvalue weighted by atomic mass is 35.5. The molecule has 1 aliphatic rings. The van der Waals surface area contributed by atoms with Crippen molar-refractivity contribution in [1.29, 1.82) is 0 Å². The van der Waals surface area contributed by atoms with Crippen molar-refractivity contribution in [1.82, 2.24) is 10.2 Å². The molecule has 1 aromatic carbocycles. The van der Waals surface area contributed by atoms with E-state index in [9.17, 15) is 0 Å². The largest absolute Gasteiger partial charge is 0.308 e. The highest BCUT2D eigenvalue weighted by molar-refractivity contribution is 6.35. The summed E-state index contributed by atoms with van der Waals surface area (Å²) in [5.41, 5.74) is 1.40. The third-order valence-corrected chi connectivity index (χ3v) is 5.46. The maximum absolute atomic E-state index is 6.31. The van der Waals surface area contributed by atoms with E-state index in [4.69, 9.17) is 23.2 Å². The van der Waals surface area contributed by atoms with Crippen LogP contribution in [0.1, 0.15) is 50.6 Å². The van der Waals surface area contributed by atoms with Crippen molar-refractivity contribution in [2.45, 2.75) is 50.6 Å². The average molecular weight is 329 g/mol. The maximum Gasteiger partial charge on any atom is 0.0468 e. The van der Waals surface area contributed by atoms with Gasteiger partial charge in [0.1, 0.15) is 0 Å². The third kappa shape index (κ3) is 4.13. The minimum absolute atomic E-state index is 0.230. The molecule has 0 radical (unpaired) electrons. The van der Waals surface area contributed by atoms with Crippen LogP contribution in [-0.2, 0) is 0 Å². The van der Waals surface area contributed by atoms with Crippen molar-refractivity contribution >= 4 is 23.2 Å². The lowest BCUT2D eigenvalue weighted by molar-refractivity contribution is 0.0958. The number of hydrogen-bond donors (Lipinski definition) is 1. The molecule has 0 heterocycles. The van der Waals surface area contributed by atoms with Crippen molar-refractivity contribution in [3.05, 3.63) is 33.8 Å². The summed E-state index contributed by atoms with van der Waals surface area (Å²) in [5, 5.41) is 5.11. The van der Waals surface area contributed by atoms with E-state index in [0.717, 1.165) is 17.1 Å². The molecule has 0 amide bonds. The van der Waals surface area contributed by atoms with Gasteiger partial charge in [0.25, 0.3) is 0 Å². The zero-order valence-corrected chi connectivity index (χ0v) is 14.8. The molecule has 118 valence electrons. The number of halogens is 2. The van der Waals surface area contributed by atoms with Crippen molar-refractivity contribution in [3.63, 3.8) is 0 Å². The summed E-state index contributed by atoms with van der Waals surface area (Å²) in [6, 6.07) is 5.97. The molecule has 4 heteroatoms. The van der Waals surface area contributed by atoms with Gasteiger partial charge >= 0.3 is 0 Å². The van der Waals surface area contributed by atoms with Crippen LogP contribution in [0.4, 0.5) is 0 Å². The van der Waals surface area contributed by atoms with Gasteiger partial charge < -0.3 is 10.2 Å². The van der Waals surface area contributed by atoms with Crippen LogP contribution in [0.2, 0.25) is 10.0 Å². The fraction of sp³-hybridized carbons (Fsp3) is 0.647. The van der Waals surface area contributed by atoms with Crippen LogP contribution >= 0.6 is 23.2 Å². The van der Waals surface area contributed by atoms with E-state index in [1.807, 2.05) is 18.2 Å². The molecular weight excluding hydrogens is 303 g/mol. The van der Waals surface area contributed by atoms with Crippen molar-refractivity contribution in [2.24, 2.45) is 0 Å². The molecule has 21 heavy (non-hydrogen) atoms. The van der Waals surface area contributed by atoms with E-state index >= 15 is 0 Å². The summed E-state index contributed by atoms with van der Waals surface area (Å²) in [7, 11) is 4.40. The number of nitrogens with one attached hydrogen (secondary N) is 1. The highest BCUT2D eigenvalue weighted by Crippen LogP contribution is 2.33. The molecule has 1 saturated carbocycles. The van der Waals surface area contributed by atoms with E-state index in [2.05, 4.69) is 31.2 Å². The van der Waals surface area contributed by atoms with Gasteiger partial charge in [0.05, 0.1) is 0 Å². The Hall–Kier alpha value is -0.280. The van der Waals surface area contributed by atoms with Gasteiger partial charge in [-0.2, -0.15) is 0 Å². The summed E-state index contributed by atoms with van der Waals surface area (Å²) in [6.07, 6.45) is 6.57. The van der Waals surface area contributed by atoms with Gasteiger partial charge in [0, 0.05) is 28.2 Å². The molecule has 1 unspecified atom stereocenters. The minimum atomic E-state index is 0.230. The number of likely N-dealkylation sites (N-methyl/N-ethyl adjacent to an activating group) is 1. The first-order chi connectivity index (χ1) is 9.94. The van der Waals surface area contributed by atoms with E-state index in [0.29, 0.717) is 5.02 Å². The second-order valence-corrected chi connectivity index (χ2v) is 7.29. The Morgan fingerprint density at radius 3 is 2.43 bits per heavy atom. The molecule has 1 aromatic rings. The number of nitrogens with zero attached hydrogens (tertiary/aromatic N) is 1. The van der Waals surface area contributed by atoms with E-state index < -0.39 is 0 Å². The monoisotopic (exact) mass is 328 g/mol. The first-order valence-electron chi connectivity index (χ1n) is 7.80. The summed E-state index contributed by atoms with van der Waals surface area (Å²) >= 11 is 12.3. The molecule has 0 spiro atoms. The molecule has 1 fully saturated rings. The van der Waals surface area contributed by atoms with Gasteiger partial charge in [-0.1, -0.05) is 48.5 Å². The summed E-state index contributed by atoms with van der Waals surface area (Å²) < 4.78 is 0. The number of benzene rings is 1. The molecule has 2 nitrogen and oxygen atoms in total. The van der Waals surface area contributed by atoms with Crippen molar-refractivity contribution in [2.75, 3.05) is 20.6 Å². The lowest BCUT2D eigenvalue weighted by Gasteiger charge is -2.44. The van der Waals surface area contributed by atoms with Gasteiger partial charge in [0.2, 0.25) is 0 Å². The Labute approximate surface area is 138 Å². The summed E-state index contributed by atoms with van der Waals surface area (Å²) in [6.45, 7) is 3.17. The second-order valence-electron chi connectivity index (χ2n) is 6.45. The average Bonchev–Trinajstić information content (AvgIpc) is 2.45. The van der Waals surface area contributed by atoms with Gasteiger partial charge in [-0.15, -0.1) is 0 Å². The van der Waals surface area contributed by atoms with Crippen molar-refractivity contribution in [3.8, 4) is 0 Å². The molecule has 2 rings (SSSR count). The van der Waals surface area contributed by atoms with Gasteiger partial charge in [-0.3, -0.25) is 0 Å². The van der Waals surface area contributed by atoms with Crippen LogP contribution in [0, 0.1) is 0 Å². The van der Waals surface area contributed by atoms with Crippen LogP contribution < -0.4 is 5.32 Å². The lowest BCUT2D eigenvalue weighted by Crippen LogP contribution is -2.53.